The Morgan fingerprint density at radius 2 is 1.98 bits per heavy atom. The molecule has 1 aromatic rings. The molecule has 0 saturated heterocycles. The summed E-state index contributed by atoms with van der Waals surface area (Å²) in [5.74, 6) is -0.485. The maximum atomic E-state index is 14.1. The first-order chi connectivity index (χ1) is 23.9. The first-order valence-electron chi connectivity index (χ1n) is 18.3. The summed E-state index contributed by atoms with van der Waals surface area (Å²) in [5, 5.41) is 48.3. The number of nitrogens with one attached hydrogen (secondary N) is 1. The van der Waals surface area contributed by atoms with E-state index in [9.17, 15) is 30.0 Å². The van der Waals surface area contributed by atoms with Crippen LogP contribution in [0.15, 0.2) is 76.9 Å². The maximum Gasteiger partial charge on any atom is 0.414 e. The minimum atomic E-state index is -1.16. The number of benzene rings is 1. The molecule has 0 radical (unpaired) electrons. The number of aliphatic hydroxyl groups excluding tert-OH is 3. The molecule has 3 aliphatic carbocycles. The van der Waals surface area contributed by atoms with Crippen LogP contribution in [0.3, 0.4) is 0 Å². The zero-order valence-electron chi connectivity index (χ0n) is 29.9. The topological polar surface area (TPSA) is 162 Å². The van der Waals surface area contributed by atoms with Gasteiger partial charge in [-0.3, -0.25) is 4.79 Å². The summed E-state index contributed by atoms with van der Waals surface area (Å²) in [5.41, 5.74) is 9.65. The highest BCUT2D eigenvalue weighted by Crippen LogP contribution is 2.67. The van der Waals surface area contributed by atoms with Crippen molar-refractivity contribution in [3.63, 3.8) is 0 Å². The summed E-state index contributed by atoms with van der Waals surface area (Å²) >= 11 is 0. The zero-order valence-corrected chi connectivity index (χ0v) is 29.9. The number of para-hydroxylation sites is 1. The monoisotopic (exact) mass is 688 g/mol. The van der Waals surface area contributed by atoms with Crippen LogP contribution in [0.2, 0.25) is 0 Å². The molecule has 1 spiro atoms. The quantitative estimate of drug-likeness (QED) is 0.0832. The molecule has 7 unspecified atom stereocenters. The number of carbonyl (C=O) groups is 2. The Hall–Kier alpha value is -3.34. The second kappa shape index (κ2) is 15.9. The fraction of sp³-hybridized carbons (Fsp3) is 0.561. The van der Waals surface area contributed by atoms with E-state index in [2.05, 4.69) is 31.8 Å². The lowest BCUT2D eigenvalue weighted by atomic mass is 9.51. The number of carbonyl (C=O) groups excluding carboxylic acids is 2. The van der Waals surface area contributed by atoms with Gasteiger partial charge in [-0.05, 0) is 102 Å². The number of hydrogen-bond donors (Lipinski definition) is 6. The summed E-state index contributed by atoms with van der Waals surface area (Å²) in [4.78, 5) is 26.2. The van der Waals surface area contributed by atoms with Gasteiger partial charge in [-0.2, -0.15) is 0 Å². The number of ether oxygens (including phenoxy) is 1. The Bertz CT molecular complexity index is 1590. The van der Waals surface area contributed by atoms with Crippen molar-refractivity contribution < 1.29 is 34.8 Å². The summed E-state index contributed by atoms with van der Waals surface area (Å²) in [6, 6.07) is 5.31. The average molecular weight is 689 g/mol. The molecule has 7 N–H and O–H groups in total. The molecular formula is C41H56N2O7. The number of nitrogens with two attached hydrogens (primary N) is 1. The molecule has 9 heteroatoms. The summed E-state index contributed by atoms with van der Waals surface area (Å²) in [6.45, 7) is 9.88. The van der Waals surface area contributed by atoms with Gasteiger partial charge in [0, 0.05) is 35.5 Å². The lowest BCUT2D eigenvalue weighted by Gasteiger charge is -2.57. The lowest BCUT2D eigenvalue weighted by Crippen LogP contribution is -2.61. The highest BCUT2D eigenvalue weighted by Gasteiger charge is 2.68. The van der Waals surface area contributed by atoms with Gasteiger partial charge in [-0.25, -0.2) is 4.79 Å². The van der Waals surface area contributed by atoms with Gasteiger partial charge in [-0.15, -0.1) is 0 Å². The van der Waals surface area contributed by atoms with Gasteiger partial charge in [0.2, 0.25) is 0 Å². The number of allylic oxidation sites excluding steroid dienone is 8. The van der Waals surface area contributed by atoms with E-state index in [1.54, 1.807) is 18.2 Å². The van der Waals surface area contributed by atoms with Crippen LogP contribution in [0.1, 0.15) is 102 Å². The van der Waals surface area contributed by atoms with Crippen LogP contribution in [0, 0.1) is 23.2 Å². The first-order valence-corrected chi connectivity index (χ1v) is 18.3. The maximum absolute atomic E-state index is 14.1. The summed E-state index contributed by atoms with van der Waals surface area (Å²) < 4.78 is 5.47. The van der Waals surface area contributed by atoms with E-state index >= 15 is 0 Å². The van der Waals surface area contributed by atoms with Gasteiger partial charge >= 0.3 is 6.09 Å². The van der Waals surface area contributed by atoms with Crippen molar-refractivity contribution >= 4 is 11.9 Å². The van der Waals surface area contributed by atoms with Crippen molar-refractivity contribution in [3.8, 4) is 5.75 Å². The number of Topliss-reactive ketones (excluding diaryl/α,β-unsaturated/α-hetero) is 1. The van der Waals surface area contributed by atoms with Gasteiger partial charge in [-0.1, -0.05) is 72.2 Å². The standard InChI is InChI=1S/C41H56N2O7/c1-25(2)10-5-11-26(3)12-6-14-30(24-45)35-29-15-8-19-40(49)20-18-31(33(17-9-21-44)41(40,23-29)37(35)47)27(4)34(46)22-28-13-7-16-32-36(28)50-39(48)43-38(32)42/h6-7,10,12-14,16,29,33,35,37-38,44-45,47,49H,3,5,8-9,11,15,17-24,42H2,1-2,4H3,(H,43,48). The third-order valence-electron chi connectivity index (χ3n) is 12.0. The molecule has 272 valence electrons. The molecule has 1 amide bonds. The van der Waals surface area contributed by atoms with E-state index in [4.69, 9.17) is 10.5 Å². The third kappa shape index (κ3) is 7.34. The SMILES string of the molecule is C=C(C=CC=C(CO)C1C2CCCC3(O)CCC(=C(C)C(=O)Cc4cccc5c4OC(=O)NC5N)C(CCCO)C3(C2)C1O)CCC=C(C)C. The van der Waals surface area contributed by atoms with E-state index in [1.165, 1.54) is 5.57 Å². The molecule has 3 fully saturated rings. The Morgan fingerprint density at radius 3 is 2.70 bits per heavy atom. The molecule has 9 nitrogen and oxygen atoms in total. The molecule has 1 aliphatic heterocycles. The van der Waals surface area contributed by atoms with Crippen molar-refractivity contribution in [2.24, 2.45) is 28.9 Å². The first kappa shape index (κ1) is 37.9. The molecule has 2 bridgehead atoms. The number of hydrogen-bond acceptors (Lipinski definition) is 8. The predicted octanol–water partition coefficient (Wildman–Crippen LogP) is 6.03. The smallest absolute Gasteiger partial charge is 0.410 e. The van der Waals surface area contributed by atoms with Gasteiger partial charge in [0.05, 0.1) is 18.3 Å². The molecule has 50 heavy (non-hydrogen) atoms. The van der Waals surface area contributed by atoms with Crippen LogP contribution in [0.4, 0.5) is 4.79 Å². The number of rotatable bonds is 13. The number of amides is 1. The fourth-order valence-electron chi connectivity index (χ4n) is 9.57. The average Bonchev–Trinajstić information content (AvgIpc) is 3.25. The molecular weight excluding hydrogens is 632 g/mol. The summed E-state index contributed by atoms with van der Waals surface area (Å²) in [6.07, 6.45) is 12.0. The second-order valence-electron chi connectivity index (χ2n) is 15.2. The Labute approximate surface area is 296 Å². The van der Waals surface area contributed by atoms with Crippen LogP contribution >= 0.6 is 0 Å². The zero-order chi connectivity index (χ0) is 36.2. The normalized spacial score (nSPS) is 31.6. The van der Waals surface area contributed by atoms with Crippen LogP contribution in [-0.4, -0.2) is 57.2 Å². The lowest BCUT2D eigenvalue weighted by molar-refractivity contribution is -0.181. The third-order valence-corrected chi connectivity index (χ3v) is 12.0. The minimum absolute atomic E-state index is 0.000336. The van der Waals surface area contributed by atoms with Gasteiger partial charge in [0.25, 0.3) is 0 Å². The second-order valence-corrected chi connectivity index (χ2v) is 15.2. The van der Waals surface area contributed by atoms with Gasteiger partial charge in [0.15, 0.2) is 5.78 Å². The number of fused-ring (bicyclic) bond motifs is 2. The minimum Gasteiger partial charge on any atom is -0.410 e. The Balaban J connectivity index is 1.49. The Kier molecular flexibility index (Phi) is 12.1. The van der Waals surface area contributed by atoms with Crippen LogP contribution in [-0.2, 0) is 11.2 Å². The van der Waals surface area contributed by atoms with Crippen molar-refractivity contribution in [1.29, 1.82) is 0 Å². The Morgan fingerprint density at radius 1 is 1.20 bits per heavy atom. The van der Waals surface area contributed by atoms with Crippen LogP contribution in [0.25, 0.3) is 0 Å². The number of aliphatic hydroxyl groups is 4. The highest BCUT2D eigenvalue weighted by molar-refractivity contribution is 5.97. The van der Waals surface area contributed by atoms with E-state index in [1.807, 2.05) is 25.2 Å². The molecule has 7 atom stereocenters. The fourth-order valence-corrected chi connectivity index (χ4v) is 9.57. The molecule has 1 heterocycles. The number of ketones is 1. The van der Waals surface area contributed by atoms with Gasteiger partial charge in [0.1, 0.15) is 11.9 Å². The van der Waals surface area contributed by atoms with Gasteiger partial charge < -0.3 is 36.2 Å². The van der Waals surface area contributed by atoms with E-state index in [0.717, 1.165) is 42.4 Å². The van der Waals surface area contributed by atoms with Crippen LogP contribution in [0.5, 0.6) is 5.75 Å². The van der Waals surface area contributed by atoms with Crippen molar-refractivity contribution in [2.75, 3.05) is 13.2 Å². The summed E-state index contributed by atoms with van der Waals surface area (Å²) in [7, 11) is 0. The molecule has 4 aliphatic rings. The predicted molar refractivity (Wildman–Crippen MR) is 194 cm³/mol. The molecule has 5 rings (SSSR count). The van der Waals surface area contributed by atoms with Crippen molar-refractivity contribution in [3.05, 3.63) is 88.1 Å². The van der Waals surface area contributed by atoms with Crippen molar-refractivity contribution in [2.45, 2.75) is 109 Å². The highest BCUT2D eigenvalue weighted by atomic mass is 16.6. The molecule has 3 saturated carbocycles. The van der Waals surface area contributed by atoms with Crippen LogP contribution < -0.4 is 15.8 Å². The molecule has 0 aromatic heterocycles. The van der Waals surface area contributed by atoms with E-state index in [-0.39, 0.29) is 43.2 Å². The van der Waals surface area contributed by atoms with E-state index < -0.39 is 29.4 Å². The van der Waals surface area contributed by atoms with E-state index in [0.29, 0.717) is 61.0 Å². The molecule has 1 aromatic carbocycles. The largest absolute Gasteiger partial charge is 0.414 e. The van der Waals surface area contributed by atoms with Crippen molar-refractivity contribution in [1.82, 2.24) is 5.32 Å².